The van der Waals surface area contributed by atoms with Gasteiger partial charge in [-0.15, -0.1) is 0 Å². The topological polar surface area (TPSA) is 60.7 Å². The highest BCUT2D eigenvalue weighted by Gasteiger charge is 2.30. The summed E-state index contributed by atoms with van der Waals surface area (Å²) in [6, 6.07) is 0. The van der Waals surface area contributed by atoms with E-state index in [-0.39, 0.29) is 18.3 Å². The van der Waals surface area contributed by atoms with Gasteiger partial charge in [-0.1, -0.05) is 81.6 Å². The lowest BCUT2D eigenvalue weighted by atomic mass is 9.75. The van der Waals surface area contributed by atoms with Crippen molar-refractivity contribution in [1.82, 2.24) is 0 Å². The predicted octanol–water partition coefficient (Wildman–Crippen LogP) is 7.32. The first kappa shape index (κ1) is 30.9. The van der Waals surface area contributed by atoms with Gasteiger partial charge in [-0.2, -0.15) is 0 Å². The zero-order valence-corrected chi connectivity index (χ0v) is 23.6. The van der Waals surface area contributed by atoms with Gasteiger partial charge >= 0.3 is 0 Å². The minimum Gasteiger partial charge on any atom is -0.393 e. The molecule has 0 spiro atoms. The highest BCUT2D eigenvalue weighted by atomic mass is 16.3. The minimum absolute atomic E-state index is 0.0289. The van der Waals surface area contributed by atoms with Crippen LogP contribution in [0.5, 0.6) is 0 Å². The summed E-state index contributed by atoms with van der Waals surface area (Å²) in [7, 11) is 0. The summed E-state index contributed by atoms with van der Waals surface area (Å²) < 4.78 is 0. The van der Waals surface area contributed by atoms with Crippen molar-refractivity contribution in [2.75, 3.05) is 0 Å². The van der Waals surface area contributed by atoms with Crippen LogP contribution in [0.4, 0.5) is 0 Å². The van der Waals surface area contributed by atoms with Crippen molar-refractivity contribution in [3.8, 4) is 0 Å². The normalized spacial score (nSPS) is 39.5. The highest BCUT2D eigenvalue weighted by molar-refractivity contribution is 4.81. The van der Waals surface area contributed by atoms with Gasteiger partial charge in [-0.25, -0.2) is 0 Å². The Labute approximate surface area is 207 Å². The molecule has 0 heterocycles. The molecule has 0 aromatic heterocycles. The van der Waals surface area contributed by atoms with Crippen LogP contribution in [0.3, 0.4) is 0 Å². The summed E-state index contributed by atoms with van der Waals surface area (Å²) in [6.07, 6.45) is 10.5. The van der Waals surface area contributed by atoms with Gasteiger partial charge in [0, 0.05) is 0 Å². The van der Waals surface area contributed by atoms with E-state index in [9.17, 15) is 15.3 Å². The van der Waals surface area contributed by atoms with Crippen LogP contribution in [0, 0.1) is 53.3 Å². The average molecular weight is 469 g/mol. The van der Waals surface area contributed by atoms with Crippen LogP contribution in [0.1, 0.15) is 120 Å². The molecule has 0 aromatic rings. The smallest absolute Gasteiger partial charge is 0.0573 e. The van der Waals surface area contributed by atoms with Gasteiger partial charge in [-0.3, -0.25) is 0 Å². The fourth-order valence-electron chi connectivity index (χ4n) is 6.46. The Morgan fingerprint density at radius 3 is 0.788 bits per heavy atom. The van der Waals surface area contributed by atoms with E-state index in [1.54, 1.807) is 0 Å². The first-order valence-electron chi connectivity index (χ1n) is 14.4. The van der Waals surface area contributed by atoms with Gasteiger partial charge in [-0.05, 0) is 91.8 Å². The molecule has 0 radical (unpaired) electrons. The first-order chi connectivity index (χ1) is 15.3. The fraction of sp³-hybridized carbons (Fsp3) is 1.00. The molecule has 3 heteroatoms. The molecule has 0 aliphatic heterocycles. The van der Waals surface area contributed by atoms with Crippen molar-refractivity contribution >= 4 is 0 Å². The van der Waals surface area contributed by atoms with Gasteiger partial charge in [0.1, 0.15) is 0 Å². The Bertz CT molecular complexity index is 431. The third-order valence-corrected chi connectivity index (χ3v) is 8.96. The number of aliphatic hydroxyl groups excluding tert-OH is 3. The molecule has 2 unspecified atom stereocenters. The van der Waals surface area contributed by atoms with Gasteiger partial charge in [0.2, 0.25) is 0 Å². The summed E-state index contributed by atoms with van der Waals surface area (Å²) >= 11 is 0. The van der Waals surface area contributed by atoms with Crippen LogP contribution in [0.2, 0.25) is 0 Å². The van der Waals surface area contributed by atoms with Crippen LogP contribution < -0.4 is 0 Å². The second kappa shape index (κ2) is 15.1. The second-order valence-electron chi connectivity index (χ2n) is 13.2. The van der Waals surface area contributed by atoms with E-state index in [1.807, 2.05) is 0 Å². The van der Waals surface area contributed by atoms with Crippen molar-refractivity contribution in [3.63, 3.8) is 0 Å². The molecule has 0 saturated heterocycles. The number of hydrogen-bond acceptors (Lipinski definition) is 3. The second-order valence-corrected chi connectivity index (χ2v) is 13.2. The monoisotopic (exact) mass is 468 g/mol. The van der Waals surface area contributed by atoms with Crippen LogP contribution in [0.15, 0.2) is 0 Å². The average Bonchev–Trinajstić information content (AvgIpc) is 2.68. The molecule has 3 saturated carbocycles. The third-order valence-electron chi connectivity index (χ3n) is 8.96. The van der Waals surface area contributed by atoms with E-state index in [0.29, 0.717) is 35.5 Å². The summed E-state index contributed by atoms with van der Waals surface area (Å²) in [4.78, 5) is 0. The molecule has 33 heavy (non-hydrogen) atoms. The van der Waals surface area contributed by atoms with Gasteiger partial charge in [0.25, 0.3) is 0 Å². The molecule has 3 fully saturated rings. The summed E-state index contributed by atoms with van der Waals surface area (Å²) in [6.45, 7) is 20.0. The molecule has 0 bridgehead atoms. The van der Waals surface area contributed by atoms with E-state index < -0.39 is 0 Å². The zero-order chi connectivity index (χ0) is 25.3. The lowest BCUT2D eigenvalue weighted by Gasteiger charge is -2.33. The van der Waals surface area contributed by atoms with Crippen molar-refractivity contribution in [2.45, 2.75) is 138 Å². The number of rotatable bonds is 3. The van der Waals surface area contributed by atoms with Gasteiger partial charge < -0.3 is 15.3 Å². The quantitative estimate of drug-likeness (QED) is 0.406. The molecule has 3 rings (SSSR count). The van der Waals surface area contributed by atoms with E-state index in [2.05, 4.69) is 62.3 Å². The molecule has 3 nitrogen and oxygen atoms in total. The third kappa shape index (κ3) is 11.0. The SMILES string of the molecule is CC(C)C1CC[C@@H](C)CC1O.CC(C)[C@H]1CC[C@@H](C)C[C@@H]1O.CC(C)[C@H]1CC[C@@H](C)C[C@H]1O. The van der Waals surface area contributed by atoms with E-state index in [4.69, 9.17) is 0 Å². The molecule has 0 amide bonds. The molecule has 3 aliphatic carbocycles. The van der Waals surface area contributed by atoms with E-state index >= 15 is 0 Å². The van der Waals surface area contributed by atoms with Crippen LogP contribution in [-0.4, -0.2) is 33.6 Å². The van der Waals surface area contributed by atoms with Crippen molar-refractivity contribution in [2.24, 2.45) is 53.3 Å². The van der Waals surface area contributed by atoms with Crippen LogP contribution in [0.25, 0.3) is 0 Å². The van der Waals surface area contributed by atoms with Gasteiger partial charge in [0.05, 0.1) is 18.3 Å². The molecule has 198 valence electrons. The predicted molar refractivity (Wildman–Crippen MR) is 142 cm³/mol. The maximum atomic E-state index is 9.71. The molecule has 0 aromatic carbocycles. The van der Waals surface area contributed by atoms with Crippen LogP contribution >= 0.6 is 0 Å². The van der Waals surface area contributed by atoms with Crippen LogP contribution in [-0.2, 0) is 0 Å². The Morgan fingerprint density at radius 2 is 0.636 bits per heavy atom. The lowest BCUT2D eigenvalue weighted by Crippen LogP contribution is -2.31. The number of hydrogen-bond donors (Lipinski definition) is 3. The maximum absolute atomic E-state index is 9.71. The summed E-state index contributed by atoms with van der Waals surface area (Å²) in [5.41, 5.74) is 0. The molecule has 3 aliphatic rings. The van der Waals surface area contributed by atoms with E-state index in [1.165, 1.54) is 38.5 Å². The number of aliphatic hydroxyl groups is 3. The maximum Gasteiger partial charge on any atom is 0.0573 e. The standard InChI is InChI=1S/3C10H20O/c3*1-7(2)9-5-4-8(3)6-10(9)11/h3*7-11H,4-6H2,1-3H3/t8-,9?,10?;8-,9-,10+;8-,9-,10-/m111/s1. The van der Waals surface area contributed by atoms with E-state index in [0.717, 1.165) is 37.0 Å². The zero-order valence-electron chi connectivity index (χ0n) is 23.6. The lowest BCUT2D eigenvalue weighted by molar-refractivity contribution is 0.0263. The Morgan fingerprint density at radius 1 is 0.424 bits per heavy atom. The largest absolute Gasteiger partial charge is 0.393 e. The Kier molecular flexibility index (Phi) is 14.1. The molecular weight excluding hydrogens is 408 g/mol. The van der Waals surface area contributed by atoms with Gasteiger partial charge in [0.15, 0.2) is 0 Å². The summed E-state index contributed by atoms with van der Waals surface area (Å²) in [5.74, 6) is 5.84. The minimum atomic E-state index is -0.0289. The Hall–Kier alpha value is -0.120. The summed E-state index contributed by atoms with van der Waals surface area (Å²) in [5, 5.41) is 29.1. The van der Waals surface area contributed by atoms with Crippen molar-refractivity contribution in [1.29, 1.82) is 0 Å². The Balaban J connectivity index is 0.000000247. The first-order valence-corrected chi connectivity index (χ1v) is 14.4. The molecular formula is C30H60O3. The molecule has 9 atom stereocenters. The van der Waals surface area contributed by atoms with Crippen molar-refractivity contribution < 1.29 is 15.3 Å². The van der Waals surface area contributed by atoms with Crippen molar-refractivity contribution in [3.05, 3.63) is 0 Å². The highest BCUT2D eigenvalue weighted by Crippen LogP contribution is 2.34. The fourth-order valence-corrected chi connectivity index (χ4v) is 6.46. The molecule has 3 N–H and O–H groups in total.